The van der Waals surface area contributed by atoms with Crippen LogP contribution in [0.3, 0.4) is 0 Å². The number of hydrogen-bond acceptors (Lipinski definition) is 6. The molecule has 2 aliphatic rings. The standard InChI is InChI=1S/C19H14FN7O2/c20-16-8-23-17-13(12-3-11(12)9-1-2-10(5-21)22-6-9)4-15(26-27(16)17)14-7-24-19(29)25-18(14)28/h1-2,4,6,8,11-12,14H,3,7H2,(H2,24,25,28,29)/t11-,12+,14?/m1/s1. The Labute approximate surface area is 163 Å². The number of rotatable bonds is 3. The van der Waals surface area contributed by atoms with Gasteiger partial charge in [0.05, 0.1) is 17.8 Å². The van der Waals surface area contributed by atoms with Gasteiger partial charge in [-0.2, -0.15) is 19.3 Å². The molecule has 1 saturated carbocycles. The molecule has 5 rings (SSSR count). The maximum atomic E-state index is 14.2. The number of halogens is 1. The highest BCUT2D eigenvalue weighted by Gasteiger charge is 2.42. The second kappa shape index (κ2) is 6.34. The maximum absolute atomic E-state index is 14.2. The Balaban J connectivity index is 1.53. The fraction of sp³-hybridized carbons (Fsp3) is 0.263. The number of amides is 3. The zero-order valence-electron chi connectivity index (χ0n) is 15.0. The Morgan fingerprint density at radius 2 is 2.07 bits per heavy atom. The van der Waals surface area contributed by atoms with E-state index in [-0.39, 0.29) is 18.4 Å². The lowest BCUT2D eigenvalue weighted by molar-refractivity contribution is -0.122. The van der Waals surface area contributed by atoms with E-state index in [0.29, 0.717) is 17.0 Å². The predicted octanol–water partition coefficient (Wildman–Crippen LogP) is 1.33. The van der Waals surface area contributed by atoms with E-state index in [9.17, 15) is 14.0 Å². The Bertz CT molecular complexity index is 1200. The number of urea groups is 1. The number of imide groups is 1. The van der Waals surface area contributed by atoms with Gasteiger partial charge in [0, 0.05) is 18.3 Å². The third-order valence-electron chi connectivity index (χ3n) is 5.37. The van der Waals surface area contributed by atoms with Crippen molar-refractivity contribution in [3.8, 4) is 6.07 Å². The maximum Gasteiger partial charge on any atom is 0.321 e. The van der Waals surface area contributed by atoms with Crippen molar-refractivity contribution in [1.29, 1.82) is 5.26 Å². The summed E-state index contributed by atoms with van der Waals surface area (Å²) in [6, 6.07) is 6.74. The van der Waals surface area contributed by atoms with Crippen molar-refractivity contribution in [2.24, 2.45) is 0 Å². The quantitative estimate of drug-likeness (QED) is 0.694. The van der Waals surface area contributed by atoms with E-state index in [1.54, 1.807) is 18.3 Å². The SMILES string of the molecule is N#Cc1ccc([C@H]2C[C@@H]2c2cc(C3CNC(=O)NC3=O)nn3c(F)cnc23)cn1. The van der Waals surface area contributed by atoms with E-state index in [4.69, 9.17) is 5.26 Å². The monoisotopic (exact) mass is 391 g/mol. The summed E-state index contributed by atoms with van der Waals surface area (Å²) in [5.41, 5.74) is 2.89. The minimum Gasteiger partial charge on any atom is -0.337 e. The van der Waals surface area contributed by atoms with E-state index in [2.05, 4.69) is 25.7 Å². The van der Waals surface area contributed by atoms with E-state index in [0.717, 1.165) is 28.3 Å². The first-order chi connectivity index (χ1) is 14.0. The van der Waals surface area contributed by atoms with Gasteiger partial charge in [0.2, 0.25) is 11.9 Å². The first-order valence-corrected chi connectivity index (χ1v) is 9.04. The van der Waals surface area contributed by atoms with Crippen molar-refractivity contribution < 1.29 is 14.0 Å². The van der Waals surface area contributed by atoms with E-state index in [1.807, 2.05) is 12.1 Å². The summed E-state index contributed by atoms with van der Waals surface area (Å²) in [5.74, 6) is -1.59. The number of nitriles is 1. The van der Waals surface area contributed by atoms with Crippen LogP contribution in [0.5, 0.6) is 0 Å². The van der Waals surface area contributed by atoms with Crippen LogP contribution in [0.2, 0.25) is 0 Å². The summed E-state index contributed by atoms with van der Waals surface area (Å²) >= 11 is 0. The smallest absolute Gasteiger partial charge is 0.321 e. The molecular weight excluding hydrogens is 377 g/mol. The molecule has 1 aliphatic heterocycles. The van der Waals surface area contributed by atoms with Crippen molar-refractivity contribution in [1.82, 2.24) is 30.2 Å². The lowest BCUT2D eigenvalue weighted by Crippen LogP contribution is -2.51. The van der Waals surface area contributed by atoms with Crippen LogP contribution in [0.25, 0.3) is 5.65 Å². The predicted molar refractivity (Wildman–Crippen MR) is 96.3 cm³/mol. The normalized spacial score (nSPS) is 23.4. The summed E-state index contributed by atoms with van der Waals surface area (Å²) in [4.78, 5) is 31.8. The molecular formula is C19H14FN7O2. The lowest BCUT2D eigenvalue weighted by atomic mass is 9.99. The highest BCUT2D eigenvalue weighted by Crippen LogP contribution is 2.55. The van der Waals surface area contributed by atoms with Gasteiger partial charge >= 0.3 is 6.03 Å². The molecule has 0 bridgehead atoms. The molecule has 4 heterocycles. The second-order valence-corrected chi connectivity index (χ2v) is 7.13. The summed E-state index contributed by atoms with van der Waals surface area (Å²) in [6.45, 7) is 0.0898. The molecule has 0 aromatic carbocycles. The van der Waals surface area contributed by atoms with E-state index < -0.39 is 23.8 Å². The number of fused-ring (bicyclic) bond motifs is 1. The number of nitrogens with one attached hydrogen (secondary N) is 2. The van der Waals surface area contributed by atoms with Gasteiger partial charge in [0.1, 0.15) is 11.8 Å². The molecule has 1 saturated heterocycles. The molecule has 10 heteroatoms. The molecule has 3 aromatic heterocycles. The van der Waals surface area contributed by atoms with Gasteiger partial charge in [-0.3, -0.25) is 10.1 Å². The van der Waals surface area contributed by atoms with Gasteiger partial charge < -0.3 is 5.32 Å². The third-order valence-corrected chi connectivity index (χ3v) is 5.37. The minimum absolute atomic E-state index is 0.0667. The summed E-state index contributed by atoms with van der Waals surface area (Å²) in [7, 11) is 0. The first kappa shape index (κ1) is 17.2. The van der Waals surface area contributed by atoms with Crippen LogP contribution in [-0.2, 0) is 4.79 Å². The number of hydrogen-bond donors (Lipinski definition) is 2. The van der Waals surface area contributed by atoms with Crippen LogP contribution in [-0.4, -0.2) is 38.1 Å². The molecule has 144 valence electrons. The van der Waals surface area contributed by atoms with Crippen LogP contribution in [0.15, 0.2) is 30.6 Å². The molecule has 3 aromatic rings. The molecule has 3 amide bonds. The molecule has 2 N–H and O–H groups in total. The van der Waals surface area contributed by atoms with Crippen molar-refractivity contribution in [3.63, 3.8) is 0 Å². The van der Waals surface area contributed by atoms with Gasteiger partial charge in [-0.05, 0) is 36.0 Å². The first-order valence-electron chi connectivity index (χ1n) is 9.04. The van der Waals surface area contributed by atoms with Crippen molar-refractivity contribution >= 4 is 17.6 Å². The van der Waals surface area contributed by atoms with Crippen molar-refractivity contribution in [2.75, 3.05) is 6.54 Å². The largest absolute Gasteiger partial charge is 0.337 e. The Kier molecular flexibility index (Phi) is 3.77. The molecule has 2 fully saturated rings. The van der Waals surface area contributed by atoms with Gasteiger partial charge in [-0.1, -0.05) is 6.07 Å². The van der Waals surface area contributed by atoms with Crippen LogP contribution >= 0.6 is 0 Å². The van der Waals surface area contributed by atoms with Crippen molar-refractivity contribution in [2.45, 2.75) is 24.2 Å². The molecule has 9 nitrogen and oxygen atoms in total. The third kappa shape index (κ3) is 2.87. The van der Waals surface area contributed by atoms with E-state index >= 15 is 0 Å². The van der Waals surface area contributed by atoms with Gasteiger partial charge in [0.25, 0.3) is 0 Å². The van der Waals surface area contributed by atoms with Crippen LogP contribution in [0.4, 0.5) is 9.18 Å². The zero-order chi connectivity index (χ0) is 20.1. The van der Waals surface area contributed by atoms with Crippen molar-refractivity contribution in [3.05, 3.63) is 59.1 Å². The number of carbonyl (C=O) groups excluding carboxylic acids is 2. The number of nitrogens with zero attached hydrogens (tertiary/aromatic N) is 5. The second-order valence-electron chi connectivity index (χ2n) is 7.13. The highest BCUT2D eigenvalue weighted by atomic mass is 19.1. The number of pyridine rings is 1. The highest BCUT2D eigenvalue weighted by molar-refractivity contribution is 6.00. The molecule has 3 atom stereocenters. The molecule has 1 aliphatic carbocycles. The summed E-state index contributed by atoms with van der Waals surface area (Å²) in [5, 5.41) is 17.9. The zero-order valence-corrected chi connectivity index (χ0v) is 15.0. The summed E-state index contributed by atoms with van der Waals surface area (Å²) in [6.07, 6.45) is 3.59. The average Bonchev–Trinajstić information content (AvgIpc) is 3.44. The van der Waals surface area contributed by atoms with E-state index in [1.165, 1.54) is 0 Å². The molecule has 29 heavy (non-hydrogen) atoms. The van der Waals surface area contributed by atoms with Gasteiger partial charge in [-0.25, -0.2) is 14.8 Å². The summed E-state index contributed by atoms with van der Waals surface area (Å²) < 4.78 is 15.3. The van der Waals surface area contributed by atoms with Crippen LogP contribution in [0.1, 0.15) is 46.7 Å². The fourth-order valence-corrected chi connectivity index (χ4v) is 3.80. The Morgan fingerprint density at radius 3 is 2.79 bits per heavy atom. The Morgan fingerprint density at radius 1 is 1.21 bits per heavy atom. The number of carbonyl (C=O) groups is 2. The molecule has 1 unspecified atom stereocenters. The van der Waals surface area contributed by atoms with Gasteiger partial charge in [-0.15, -0.1) is 0 Å². The molecule has 0 radical (unpaired) electrons. The topological polar surface area (TPSA) is 125 Å². The minimum atomic E-state index is -0.716. The van der Waals surface area contributed by atoms with Gasteiger partial charge in [0.15, 0.2) is 5.65 Å². The average molecular weight is 391 g/mol. The fourth-order valence-electron chi connectivity index (χ4n) is 3.80. The Hall–Kier alpha value is -3.87. The number of aromatic nitrogens is 4. The number of imidazole rings is 1. The van der Waals surface area contributed by atoms with Crippen LogP contribution < -0.4 is 10.6 Å². The molecule has 0 spiro atoms. The lowest BCUT2D eigenvalue weighted by Gasteiger charge is -2.22. The van der Waals surface area contributed by atoms with Crippen LogP contribution in [0, 0.1) is 17.3 Å².